The Balaban J connectivity index is 2.21. The molecular weight excluding hydrogens is 357 g/mol. The van der Waals surface area contributed by atoms with Gasteiger partial charge >= 0.3 is 0 Å². The van der Waals surface area contributed by atoms with Gasteiger partial charge in [0.2, 0.25) is 11.1 Å². The van der Waals surface area contributed by atoms with E-state index in [1.807, 2.05) is 13.8 Å². The fourth-order valence-electron chi connectivity index (χ4n) is 1.83. The van der Waals surface area contributed by atoms with Gasteiger partial charge in [0.25, 0.3) is 0 Å². The number of carbonyl (C=O) groups excluding carboxylic acids is 1. The molecule has 0 fully saturated rings. The summed E-state index contributed by atoms with van der Waals surface area (Å²) in [5.74, 6) is 6.36. The van der Waals surface area contributed by atoms with E-state index >= 15 is 0 Å². The molecule has 0 saturated heterocycles. The lowest BCUT2D eigenvalue weighted by Crippen LogP contribution is -2.36. The predicted molar refractivity (Wildman–Crippen MR) is 94.2 cm³/mol. The summed E-state index contributed by atoms with van der Waals surface area (Å²) in [5.41, 5.74) is 0.622. The van der Waals surface area contributed by atoms with Gasteiger partial charge in [0, 0.05) is 16.6 Å². The molecule has 1 unspecified atom stereocenters. The van der Waals surface area contributed by atoms with E-state index in [2.05, 4.69) is 15.5 Å². The fraction of sp³-hybridized carbons (Fsp3) is 0.357. The molecule has 1 aromatic heterocycles. The highest BCUT2D eigenvalue weighted by Crippen LogP contribution is 2.31. The minimum atomic E-state index is -0.350. The standard InChI is InChI=1S/C14H17Cl2N5OS/c1-7(2)18-13(22)8(3)23-14-20-19-12(21(14)17)10-5-4-9(15)6-11(10)16/h4-8H,17H2,1-3H3,(H,18,22). The van der Waals surface area contributed by atoms with E-state index in [1.54, 1.807) is 25.1 Å². The number of nitrogens with two attached hydrogens (primary N) is 1. The van der Waals surface area contributed by atoms with Crippen molar-refractivity contribution >= 4 is 40.9 Å². The highest BCUT2D eigenvalue weighted by Gasteiger charge is 2.21. The fourth-order valence-corrected chi connectivity index (χ4v) is 3.10. The molecular formula is C14H17Cl2N5OS. The van der Waals surface area contributed by atoms with Crippen LogP contribution in [0, 0.1) is 0 Å². The molecule has 0 spiro atoms. The van der Waals surface area contributed by atoms with Gasteiger partial charge in [0.05, 0.1) is 10.3 Å². The number of amides is 1. The molecule has 0 aliphatic rings. The van der Waals surface area contributed by atoms with Crippen LogP contribution >= 0.6 is 35.0 Å². The van der Waals surface area contributed by atoms with Crippen LogP contribution in [0.3, 0.4) is 0 Å². The molecule has 0 bridgehead atoms. The molecule has 0 radical (unpaired) electrons. The lowest BCUT2D eigenvalue weighted by atomic mass is 10.2. The maximum atomic E-state index is 12.0. The normalized spacial score (nSPS) is 12.4. The second-order valence-corrected chi connectivity index (χ2v) is 7.38. The summed E-state index contributed by atoms with van der Waals surface area (Å²) in [4.78, 5) is 12.0. The van der Waals surface area contributed by atoms with Gasteiger partial charge in [0.15, 0.2) is 5.82 Å². The minimum absolute atomic E-state index is 0.0738. The number of nitrogens with zero attached hydrogens (tertiary/aromatic N) is 3. The summed E-state index contributed by atoms with van der Waals surface area (Å²) in [6, 6.07) is 5.10. The number of nitrogens with one attached hydrogen (secondary N) is 1. The first-order chi connectivity index (χ1) is 10.8. The number of benzene rings is 1. The van der Waals surface area contributed by atoms with Gasteiger partial charge in [-0.25, -0.2) is 4.68 Å². The molecule has 1 aromatic carbocycles. The zero-order valence-corrected chi connectivity index (χ0v) is 15.2. The van der Waals surface area contributed by atoms with Crippen molar-refractivity contribution in [1.29, 1.82) is 0 Å². The number of hydrogen-bond acceptors (Lipinski definition) is 5. The van der Waals surface area contributed by atoms with E-state index in [4.69, 9.17) is 29.0 Å². The summed E-state index contributed by atoms with van der Waals surface area (Å²) < 4.78 is 1.32. The van der Waals surface area contributed by atoms with Crippen LogP contribution in [0.5, 0.6) is 0 Å². The van der Waals surface area contributed by atoms with Crippen LogP contribution in [0.25, 0.3) is 11.4 Å². The number of aromatic nitrogens is 3. The van der Waals surface area contributed by atoms with Crippen molar-refractivity contribution in [2.45, 2.75) is 37.2 Å². The Morgan fingerprint density at radius 1 is 1.30 bits per heavy atom. The molecule has 0 saturated carbocycles. The Kier molecular flexibility index (Phi) is 5.78. The van der Waals surface area contributed by atoms with Crippen molar-refractivity contribution in [3.63, 3.8) is 0 Å². The maximum absolute atomic E-state index is 12.0. The van der Waals surface area contributed by atoms with Crippen LogP contribution < -0.4 is 11.2 Å². The predicted octanol–water partition coefficient (Wildman–Crippen LogP) is 2.97. The zero-order valence-electron chi connectivity index (χ0n) is 12.9. The van der Waals surface area contributed by atoms with Crippen molar-refractivity contribution < 1.29 is 4.79 Å². The summed E-state index contributed by atoms with van der Waals surface area (Å²) in [6.07, 6.45) is 0. The lowest BCUT2D eigenvalue weighted by Gasteiger charge is -2.13. The Labute approximate surface area is 148 Å². The Morgan fingerprint density at radius 2 is 2.00 bits per heavy atom. The molecule has 0 aliphatic heterocycles. The molecule has 124 valence electrons. The molecule has 3 N–H and O–H groups in total. The number of nitrogen functional groups attached to an aromatic ring is 1. The van der Waals surface area contributed by atoms with Crippen molar-refractivity contribution in [3.05, 3.63) is 28.2 Å². The third-order valence-corrected chi connectivity index (χ3v) is 4.52. The van der Waals surface area contributed by atoms with E-state index in [9.17, 15) is 4.79 Å². The molecule has 9 heteroatoms. The highest BCUT2D eigenvalue weighted by molar-refractivity contribution is 8.00. The largest absolute Gasteiger partial charge is 0.353 e. The Hall–Kier alpha value is -1.44. The molecule has 2 aromatic rings. The molecule has 1 atom stereocenters. The van der Waals surface area contributed by atoms with Crippen LogP contribution in [0.2, 0.25) is 10.0 Å². The van der Waals surface area contributed by atoms with Gasteiger partial charge < -0.3 is 11.2 Å². The zero-order chi connectivity index (χ0) is 17.1. The van der Waals surface area contributed by atoms with Crippen LogP contribution in [0.1, 0.15) is 20.8 Å². The van der Waals surface area contributed by atoms with Crippen molar-refractivity contribution in [1.82, 2.24) is 20.2 Å². The van der Waals surface area contributed by atoms with E-state index < -0.39 is 0 Å². The average molecular weight is 374 g/mol. The van der Waals surface area contributed by atoms with Gasteiger partial charge in [-0.3, -0.25) is 4.79 Å². The van der Waals surface area contributed by atoms with Crippen molar-refractivity contribution in [3.8, 4) is 11.4 Å². The van der Waals surface area contributed by atoms with E-state index in [0.717, 1.165) is 0 Å². The number of thioether (sulfide) groups is 1. The molecule has 0 aliphatic carbocycles. The van der Waals surface area contributed by atoms with Gasteiger partial charge in [-0.1, -0.05) is 35.0 Å². The number of carbonyl (C=O) groups is 1. The molecule has 2 rings (SSSR count). The van der Waals surface area contributed by atoms with Crippen LogP contribution in [0.4, 0.5) is 0 Å². The summed E-state index contributed by atoms with van der Waals surface area (Å²) in [6.45, 7) is 5.59. The number of halogens is 2. The number of rotatable bonds is 5. The molecule has 6 nitrogen and oxygen atoms in total. The van der Waals surface area contributed by atoms with Gasteiger partial charge in [-0.2, -0.15) is 0 Å². The van der Waals surface area contributed by atoms with Crippen molar-refractivity contribution in [2.24, 2.45) is 0 Å². The van der Waals surface area contributed by atoms with E-state index in [-0.39, 0.29) is 17.2 Å². The molecule has 1 heterocycles. The second kappa shape index (κ2) is 7.42. The quantitative estimate of drug-likeness (QED) is 0.621. The first-order valence-electron chi connectivity index (χ1n) is 6.92. The Morgan fingerprint density at radius 3 is 2.61 bits per heavy atom. The van der Waals surface area contributed by atoms with Crippen LogP contribution in [-0.2, 0) is 4.79 Å². The highest BCUT2D eigenvalue weighted by atomic mass is 35.5. The van der Waals surface area contributed by atoms with Gasteiger partial charge in [-0.05, 0) is 39.0 Å². The third kappa shape index (κ3) is 4.31. The number of hydrogen-bond donors (Lipinski definition) is 2. The van der Waals surface area contributed by atoms with Crippen LogP contribution in [-0.4, -0.2) is 32.1 Å². The average Bonchev–Trinajstić information content (AvgIpc) is 2.79. The van der Waals surface area contributed by atoms with E-state index in [0.29, 0.717) is 26.6 Å². The van der Waals surface area contributed by atoms with Crippen LogP contribution in [0.15, 0.2) is 23.4 Å². The summed E-state index contributed by atoms with van der Waals surface area (Å²) in [5, 5.41) is 12.0. The molecule has 23 heavy (non-hydrogen) atoms. The topological polar surface area (TPSA) is 85.8 Å². The van der Waals surface area contributed by atoms with Gasteiger partial charge in [0.1, 0.15) is 0 Å². The lowest BCUT2D eigenvalue weighted by molar-refractivity contribution is -0.120. The third-order valence-electron chi connectivity index (χ3n) is 2.92. The second-order valence-electron chi connectivity index (χ2n) is 5.22. The smallest absolute Gasteiger partial charge is 0.233 e. The molecule has 1 amide bonds. The van der Waals surface area contributed by atoms with Crippen molar-refractivity contribution in [2.75, 3.05) is 5.84 Å². The first-order valence-corrected chi connectivity index (χ1v) is 8.56. The van der Waals surface area contributed by atoms with Gasteiger partial charge in [-0.15, -0.1) is 10.2 Å². The monoisotopic (exact) mass is 373 g/mol. The SMILES string of the molecule is CC(C)NC(=O)C(C)Sc1nnc(-c2ccc(Cl)cc2Cl)n1N. The maximum Gasteiger partial charge on any atom is 0.233 e. The van der Waals surface area contributed by atoms with E-state index in [1.165, 1.54) is 16.4 Å². The first kappa shape index (κ1) is 17.9. The Bertz CT molecular complexity index is 719. The summed E-state index contributed by atoms with van der Waals surface area (Å²) in [7, 11) is 0. The minimum Gasteiger partial charge on any atom is -0.353 e. The summed E-state index contributed by atoms with van der Waals surface area (Å²) >= 11 is 13.3.